The van der Waals surface area contributed by atoms with E-state index in [2.05, 4.69) is 4.84 Å². The zero-order chi connectivity index (χ0) is 13.3. The molecule has 0 N–H and O–H groups in total. The van der Waals surface area contributed by atoms with E-state index in [1.165, 1.54) is 0 Å². The van der Waals surface area contributed by atoms with Crippen molar-refractivity contribution in [3.8, 4) is 0 Å². The monoisotopic (exact) mass is 271 g/mol. The van der Waals surface area contributed by atoms with Crippen molar-refractivity contribution in [3.63, 3.8) is 0 Å². The molecule has 0 unspecified atom stereocenters. The Morgan fingerprint density at radius 2 is 1.89 bits per heavy atom. The second kappa shape index (κ2) is 4.73. The highest BCUT2D eigenvalue weighted by Gasteiger charge is 2.33. The molecular formula is C11H7ClFNO4. The molecule has 7 heteroatoms. The van der Waals surface area contributed by atoms with Crippen LogP contribution in [-0.4, -0.2) is 22.8 Å². The van der Waals surface area contributed by atoms with Gasteiger partial charge in [0.1, 0.15) is 5.82 Å². The first kappa shape index (κ1) is 12.5. The summed E-state index contributed by atoms with van der Waals surface area (Å²) < 4.78 is 12.9. The lowest BCUT2D eigenvalue weighted by Gasteiger charge is -2.12. The minimum Gasteiger partial charge on any atom is -0.325 e. The lowest BCUT2D eigenvalue weighted by molar-refractivity contribution is -0.172. The van der Waals surface area contributed by atoms with Gasteiger partial charge in [0, 0.05) is 12.8 Å². The maximum atomic E-state index is 12.9. The molecule has 0 bridgehead atoms. The van der Waals surface area contributed by atoms with Gasteiger partial charge >= 0.3 is 5.97 Å². The van der Waals surface area contributed by atoms with E-state index in [4.69, 9.17) is 11.6 Å². The van der Waals surface area contributed by atoms with Crippen molar-refractivity contribution in [2.24, 2.45) is 0 Å². The van der Waals surface area contributed by atoms with Gasteiger partial charge in [-0.25, -0.2) is 9.18 Å². The average molecular weight is 272 g/mol. The SMILES string of the molecule is O=C(ON1C(=O)CCC1=O)c1ccc(F)c(Cl)c1. The minimum absolute atomic E-state index is 0.0102. The predicted octanol–water partition coefficient (Wildman–Crippen LogP) is 1.70. The van der Waals surface area contributed by atoms with Crippen molar-refractivity contribution in [3.05, 3.63) is 34.6 Å². The summed E-state index contributed by atoms with van der Waals surface area (Å²) >= 11 is 5.50. The number of carbonyl (C=O) groups excluding carboxylic acids is 3. The molecule has 0 spiro atoms. The number of rotatable bonds is 2. The molecule has 1 fully saturated rings. The number of hydrogen-bond acceptors (Lipinski definition) is 4. The maximum absolute atomic E-state index is 12.9. The highest BCUT2D eigenvalue weighted by molar-refractivity contribution is 6.31. The summed E-state index contributed by atoms with van der Waals surface area (Å²) in [5.41, 5.74) is -0.0473. The van der Waals surface area contributed by atoms with E-state index >= 15 is 0 Å². The van der Waals surface area contributed by atoms with Gasteiger partial charge in [-0.1, -0.05) is 11.6 Å². The van der Waals surface area contributed by atoms with Gasteiger partial charge in [-0.2, -0.15) is 0 Å². The van der Waals surface area contributed by atoms with Crippen LogP contribution in [0.25, 0.3) is 0 Å². The molecule has 1 heterocycles. The van der Waals surface area contributed by atoms with Crippen molar-refractivity contribution < 1.29 is 23.6 Å². The Morgan fingerprint density at radius 1 is 1.28 bits per heavy atom. The van der Waals surface area contributed by atoms with Gasteiger partial charge in [-0.05, 0) is 18.2 Å². The van der Waals surface area contributed by atoms with Gasteiger partial charge in [-0.3, -0.25) is 9.59 Å². The van der Waals surface area contributed by atoms with Crippen molar-refractivity contribution in [1.29, 1.82) is 0 Å². The summed E-state index contributed by atoms with van der Waals surface area (Å²) in [6.45, 7) is 0. The fraction of sp³-hybridized carbons (Fsp3) is 0.182. The predicted molar refractivity (Wildman–Crippen MR) is 57.9 cm³/mol. The summed E-state index contributed by atoms with van der Waals surface area (Å²) in [7, 11) is 0. The van der Waals surface area contributed by atoms with Crippen LogP contribution in [0.2, 0.25) is 5.02 Å². The van der Waals surface area contributed by atoms with Crippen molar-refractivity contribution >= 4 is 29.4 Å². The summed E-state index contributed by atoms with van der Waals surface area (Å²) in [4.78, 5) is 38.7. The van der Waals surface area contributed by atoms with E-state index in [0.29, 0.717) is 5.06 Å². The van der Waals surface area contributed by atoms with Gasteiger partial charge in [0.2, 0.25) is 0 Å². The van der Waals surface area contributed by atoms with Crippen LogP contribution in [0.1, 0.15) is 23.2 Å². The zero-order valence-corrected chi connectivity index (χ0v) is 9.74. The van der Waals surface area contributed by atoms with Crippen LogP contribution in [0, 0.1) is 5.82 Å². The molecule has 0 radical (unpaired) electrons. The van der Waals surface area contributed by atoms with Gasteiger partial charge in [-0.15, -0.1) is 5.06 Å². The summed E-state index contributed by atoms with van der Waals surface area (Å²) in [5, 5.41) is 0.170. The molecule has 2 rings (SSSR count). The Morgan fingerprint density at radius 3 is 2.44 bits per heavy atom. The molecule has 2 amide bonds. The third kappa shape index (κ3) is 2.33. The molecule has 94 valence electrons. The summed E-state index contributed by atoms with van der Waals surface area (Å²) in [5.74, 6) is -2.79. The molecule has 1 aliphatic heterocycles. The average Bonchev–Trinajstić information content (AvgIpc) is 2.64. The lowest BCUT2D eigenvalue weighted by Crippen LogP contribution is -2.32. The van der Waals surface area contributed by atoms with Crippen LogP contribution in [0.5, 0.6) is 0 Å². The second-order valence-electron chi connectivity index (χ2n) is 3.59. The lowest BCUT2D eigenvalue weighted by atomic mass is 10.2. The molecular weight excluding hydrogens is 265 g/mol. The molecule has 0 aromatic heterocycles. The third-order valence-corrected chi connectivity index (χ3v) is 2.62. The van der Waals surface area contributed by atoms with Crippen LogP contribution >= 0.6 is 11.6 Å². The maximum Gasteiger partial charge on any atom is 0.363 e. The van der Waals surface area contributed by atoms with Gasteiger partial charge in [0.05, 0.1) is 10.6 Å². The number of carbonyl (C=O) groups is 3. The Balaban J connectivity index is 2.14. The fourth-order valence-corrected chi connectivity index (χ4v) is 1.60. The second-order valence-corrected chi connectivity index (χ2v) is 4.00. The molecule has 1 aromatic carbocycles. The van der Waals surface area contributed by atoms with Crippen LogP contribution < -0.4 is 0 Å². The summed E-state index contributed by atoms with van der Waals surface area (Å²) in [6.07, 6.45) is 0.0204. The van der Waals surface area contributed by atoms with Gasteiger partial charge < -0.3 is 4.84 Å². The number of nitrogens with zero attached hydrogens (tertiary/aromatic N) is 1. The Kier molecular flexibility index (Phi) is 3.29. The minimum atomic E-state index is -0.944. The number of benzene rings is 1. The number of amides is 2. The molecule has 0 aliphatic carbocycles. The quantitative estimate of drug-likeness (QED) is 0.768. The first-order chi connectivity index (χ1) is 8.49. The standard InChI is InChI=1S/C11H7ClFNO4/c12-7-5-6(1-2-8(7)13)11(17)18-14-9(15)3-4-10(14)16/h1-2,5H,3-4H2. The Labute approximate surface area is 106 Å². The highest BCUT2D eigenvalue weighted by atomic mass is 35.5. The van der Waals surface area contributed by atoms with E-state index in [1.54, 1.807) is 0 Å². The molecule has 5 nitrogen and oxygen atoms in total. The smallest absolute Gasteiger partial charge is 0.325 e. The first-order valence-electron chi connectivity index (χ1n) is 5.02. The molecule has 18 heavy (non-hydrogen) atoms. The topological polar surface area (TPSA) is 63.7 Å². The number of halogens is 2. The molecule has 1 saturated heterocycles. The number of imide groups is 1. The van der Waals surface area contributed by atoms with Gasteiger partial charge in [0.25, 0.3) is 11.8 Å². The fourth-order valence-electron chi connectivity index (χ4n) is 1.42. The molecule has 1 aliphatic rings. The first-order valence-corrected chi connectivity index (χ1v) is 5.40. The normalized spacial score (nSPS) is 15.1. The Bertz CT molecular complexity index is 530. The Hall–Kier alpha value is -1.95. The number of hydroxylamine groups is 2. The molecule has 0 saturated carbocycles. The van der Waals surface area contributed by atoms with E-state index < -0.39 is 23.6 Å². The third-order valence-electron chi connectivity index (χ3n) is 2.34. The zero-order valence-electron chi connectivity index (χ0n) is 8.98. The largest absolute Gasteiger partial charge is 0.363 e. The van der Waals surface area contributed by atoms with E-state index in [1.807, 2.05) is 0 Å². The van der Waals surface area contributed by atoms with E-state index in [9.17, 15) is 18.8 Å². The van der Waals surface area contributed by atoms with Gasteiger partial charge in [0.15, 0.2) is 0 Å². The van der Waals surface area contributed by atoms with Crippen LogP contribution in [-0.2, 0) is 14.4 Å². The van der Waals surface area contributed by atoms with Crippen molar-refractivity contribution in [2.75, 3.05) is 0 Å². The van der Waals surface area contributed by atoms with E-state index in [0.717, 1.165) is 18.2 Å². The van der Waals surface area contributed by atoms with Crippen LogP contribution in [0.3, 0.4) is 0 Å². The van der Waals surface area contributed by atoms with Crippen LogP contribution in [0.15, 0.2) is 18.2 Å². The van der Waals surface area contributed by atoms with E-state index in [-0.39, 0.29) is 23.4 Å². The summed E-state index contributed by atoms with van der Waals surface area (Å²) in [6, 6.07) is 3.20. The molecule has 0 atom stereocenters. The van der Waals surface area contributed by atoms with Crippen LogP contribution in [0.4, 0.5) is 4.39 Å². The van der Waals surface area contributed by atoms with Crippen molar-refractivity contribution in [2.45, 2.75) is 12.8 Å². The molecule has 1 aromatic rings. The number of hydrogen-bond donors (Lipinski definition) is 0. The highest BCUT2D eigenvalue weighted by Crippen LogP contribution is 2.18. The van der Waals surface area contributed by atoms with Crippen molar-refractivity contribution in [1.82, 2.24) is 5.06 Å².